The summed E-state index contributed by atoms with van der Waals surface area (Å²) in [6.07, 6.45) is 4.01. The Morgan fingerprint density at radius 3 is 2.50 bits per heavy atom. The van der Waals surface area contributed by atoms with Gasteiger partial charge in [0.15, 0.2) is 0 Å². The molecule has 1 saturated heterocycles. The summed E-state index contributed by atoms with van der Waals surface area (Å²) >= 11 is 5.70. The highest BCUT2D eigenvalue weighted by Gasteiger charge is 2.38. The third kappa shape index (κ3) is 1.77. The first kappa shape index (κ1) is 10.3. The summed E-state index contributed by atoms with van der Waals surface area (Å²) in [5, 5.41) is 0. The van der Waals surface area contributed by atoms with Crippen LogP contribution < -0.4 is 0 Å². The van der Waals surface area contributed by atoms with Crippen molar-refractivity contribution in [2.75, 3.05) is 19.0 Å². The van der Waals surface area contributed by atoms with Crippen molar-refractivity contribution in [1.82, 2.24) is 4.90 Å². The normalized spacial score (nSPS) is 33.1. The molecule has 0 bridgehead atoms. The molecule has 1 amide bonds. The third-order valence-corrected chi connectivity index (χ3v) is 4.15. The van der Waals surface area contributed by atoms with E-state index in [0.717, 1.165) is 24.9 Å². The minimum atomic E-state index is -0.00417. The molecular weight excluding hydrogens is 198 g/mol. The lowest BCUT2D eigenvalue weighted by molar-refractivity contribution is -0.133. The highest BCUT2D eigenvalue weighted by molar-refractivity contribution is 6.19. The van der Waals surface area contributed by atoms with Crippen LogP contribution in [0.2, 0.25) is 0 Å². The van der Waals surface area contributed by atoms with E-state index < -0.39 is 0 Å². The van der Waals surface area contributed by atoms with Gasteiger partial charge in [0.25, 0.3) is 0 Å². The molecule has 14 heavy (non-hydrogen) atoms. The maximum Gasteiger partial charge on any atom is 0.226 e. The maximum absolute atomic E-state index is 11.8. The number of likely N-dealkylation sites (tertiary alicyclic amines) is 1. The summed E-state index contributed by atoms with van der Waals surface area (Å²) in [4.78, 5) is 13.9. The van der Waals surface area contributed by atoms with Gasteiger partial charge >= 0.3 is 0 Å². The first-order chi connectivity index (χ1) is 6.72. The number of alkyl halides is 1. The Labute approximate surface area is 90.6 Å². The van der Waals surface area contributed by atoms with Gasteiger partial charge in [-0.15, -0.1) is 11.6 Å². The molecule has 3 atom stereocenters. The average Bonchev–Trinajstić information content (AvgIpc) is 2.74. The lowest BCUT2D eigenvalue weighted by Crippen LogP contribution is -2.34. The number of fused-ring (bicyclic) bond motifs is 1. The van der Waals surface area contributed by atoms with Crippen molar-refractivity contribution in [2.24, 2.45) is 17.8 Å². The Hall–Kier alpha value is -0.240. The van der Waals surface area contributed by atoms with E-state index in [9.17, 15) is 4.79 Å². The van der Waals surface area contributed by atoms with Gasteiger partial charge in [-0.3, -0.25) is 4.79 Å². The fourth-order valence-corrected chi connectivity index (χ4v) is 2.92. The predicted molar refractivity (Wildman–Crippen MR) is 57.3 cm³/mol. The van der Waals surface area contributed by atoms with Crippen LogP contribution in [0.3, 0.4) is 0 Å². The van der Waals surface area contributed by atoms with E-state index in [-0.39, 0.29) is 11.8 Å². The van der Waals surface area contributed by atoms with Crippen molar-refractivity contribution in [3.8, 4) is 0 Å². The highest BCUT2D eigenvalue weighted by Crippen LogP contribution is 2.38. The first-order valence-corrected chi connectivity index (χ1v) is 6.10. The van der Waals surface area contributed by atoms with E-state index in [1.54, 1.807) is 0 Å². The number of hydrogen-bond donors (Lipinski definition) is 0. The van der Waals surface area contributed by atoms with Crippen LogP contribution in [-0.2, 0) is 4.79 Å². The Kier molecular flexibility index (Phi) is 3.01. The molecule has 0 spiro atoms. The topological polar surface area (TPSA) is 20.3 Å². The van der Waals surface area contributed by atoms with Crippen LogP contribution in [0.1, 0.15) is 26.2 Å². The van der Waals surface area contributed by atoms with Gasteiger partial charge in [0.05, 0.1) is 0 Å². The number of rotatable bonds is 2. The lowest BCUT2D eigenvalue weighted by Gasteiger charge is -2.20. The highest BCUT2D eigenvalue weighted by atomic mass is 35.5. The number of nitrogens with zero attached hydrogens (tertiary/aromatic N) is 1. The zero-order chi connectivity index (χ0) is 10.1. The smallest absolute Gasteiger partial charge is 0.226 e. The van der Waals surface area contributed by atoms with Crippen molar-refractivity contribution in [3.63, 3.8) is 0 Å². The van der Waals surface area contributed by atoms with E-state index in [2.05, 4.69) is 0 Å². The molecule has 2 fully saturated rings. The fourth-order valence-electron chi connectivity index (χ4n) is 2.79. The minimum Gasteiger partial charge on any atom is -0.342 e. The SMILES string of the molecule is CC(CCl)C(=O)N1CC2CCCC2C1. The van der Waals surface area contributed by atoms with Crippen LogP contribution in [0.25, 0.3) is 0 Å². The van der Waals surface area contributed by atoms with Crippen LogP contribution in [0.4, 0.5) is 0 Å². The number of carbonyl (C=O) groups is 1. The molecule has 1 heterocycles. The van der Waals surface area contributed by atoms with Crippen LogP contribution >= 0.6 is 11.6 Å². The molecule has 2 nitrogen and oxygen atoms in total. The van der Waals surface area contributed by atoms with Crippen LogP contribution in [0, 0.1) is 17.8 Å². The van der Waals surface area contributed by atoms with Gasteiger partial charge in [-0.05, 0) is 24.7 Å². The standard InChI is InChI=1S/C11H18ClNO/c1-8(5-12)11(14)13-6-9-3-2-4-10(9)7-13/h8-10H,2-7H2,1H3. The lowest BCUT2D eigenvalue weighted by atomic mass is 10.0. The summed E-state index contributed by atoms with van der Waals surface area (Å²) in [6.45, 7) is 3.90. The van der Waals surface area contributed by atoms with Gasteiger partial charge in [-0.1, -0.05) is 13.3 Å². The molecule has 3 unspecified atom stereocenters. The Balaban J connectivity index is 1.92. The van der Waals surface area contributed by atoms with Gasteiger partial charge in [-0.25, -0.2) is 0 Å². The molecule has 0 radical (unpaired) electrons. The summed E-state index contributed by atoms with van der Waals surface area (Å²) < 4.78 is 0. The summed E-state index contributed by atoms with van der Waals surface area (Å²) in [7, 11) is 0. The average molecular weight is 216 g/mol. The second-order valence-corrected chi connectivity index (χ2v) is 5.06. The largest absolute Gasteiger partial charge is 0.342 e. The van der Waals surface area contributed by atoms with Crippen LogP contribution in [0.15, 0.2) is 0 Å². The van der Waals surface area contributed by atoms with Gasteiger partial charge in [0, 0.05) is 24.9 Å². The van der Waals surface area contributed by atoms with Gasteiger partial charge in [-0.2, -0.15) is 0 Å². The first-order valence-electron chi connectivity index (χ1n) is 5.57. The zero-order valence-corrected chi connectivity index (χ0v) is 9.46. The molecule has 1 aliphatic carbocycles. The third-order valence-electron chi connectivity index (χ3n) is 3.69. The van der Waals surface area contributed by atoms with Gasteiger partial charge < -0.3 is 4.90 Å². The second-order valence-electron chi connectivity index (χ2n) is 4.75. The van der Waals surface area contributed by atoms with E-state index in [0.29, 0.717) is 5.88 Å². The Bertz CT molecular complexity index is 219. The number of amides is 1. The fraction of sp³-hybridized carbons (Fsp3) is 0.909. The zero-order valence-electron chi connectivity index (χ0n) is 8.71. The molecule has 0 N–H and O–H groups in total. The van der Waals surface area contributed by atoms with E-state index >= 15 is 0 Å². The van der Waals surface area contributed by atoms with E-state index in [1.807, 2.05) is 11.8 Å². The quantitative estimate of drug-likeness (QED) is 0.647. The molecule has 0 aromatic carbocycles. The van der Waals surface area contributed by atoms with Crippen LogP contribution in [-0.4, -0.2) is 29.8 Å². The van der Waals surface area contributed by atoms with E-state index in [4.69, 9.17) is 11.6 Å². The Morgan fingerprint density at radius 2 is 2.00 bits per heavy atom. The van der Waals surface area contributed by atoms with Crippen molar-refractivity contribution >= 4 is 17.5 Å². The summed E-state index contributed by atoms with van der Waals surface area (Å²) in [5.41, 5.74) is 0. The maximum atomic E-state index is 11.8. The van der Waals surface area contributed by atoms with Crippen molar-refractivity contribution in [2.45, 2.75) is 26.2 Å². The van der Waals surface area contributed by atoms with Crippen molar-refractivity contribution in [1.29, 1.82) is 0 Å². The minimum absolute atomic E-state index is 0.00417. The van der Waals surface area contributed by atoms with Gasteiger partial charge in [0.2, 0.25) is 5.91 Å². The summed E-state index contributed by atoms with van der Waals surface area (Å²) in [6, 6.07) is 0. The predicted octanol–water partition coefficient (Wildman–Crippen LogP) is 2.12. The molecule has 0 aromatic rings. The molecule has 3 heteroatoms. The summed E-state index contributed by atoms with van der Waals surface area (Å²) in [5.74, 6) is 2.29. The second kappa shape index (κ2) is 4.09. The molecule has 0 aromatic heterocycles. The molecule has 2 aliphatic rings. The Morgan fingerprint density at radius 1 is 1.43 bits per heavy atom. The molecule has 1 aliphatic heterocycles. The van der Waals surface area contributed by atoms with E-state index in [1.165, 1.54) is 19.3 Å². The van der Waals surface area contributed by atoms with Crippen LogP contribution in [0.5, 0.6) is 0 Å². The number of carbonyl (C=O) groups excluding carboxylic acids is 1. The van der Waals surface area contributed by atoms with Crippen molar-refractivity contribution in [3.05, 3.63) is 0 Å². The number of halogens is 1. The van der Waals surface area contributed by atoms with Crippen molar-refractivity contribution < 1.29 is 4.79 Å². The number of hydrogen-bond acceptors (Lipinski definition) is 1. The van der Waals surface area contributed by atoms with Gasteiger partial charge in [0.1, 0.15) is 0 Å². The molecule has 1 saturated carbocycles. The molecule has 80 valence electrons. The molecular formula is C11H18ClNO. The monoisotopic (exact) mass is 215 g/mol. The molecule has 2 rings (SSSR count).